The molecule has 0 saturated heterocycles. The van der Waals surface area contributed by atoms with Crippen LogP contribution in [0.1, 0.15) is 6.92 Å². The Morgan fingerprint density at radius 1 is 1.47 bits per heavy atom. The zero-order valence-electron chi connectivity index (χ0n) is 8.58. The molecule has 1 aromatic carbocycles. The van der Waals surface area contributed by atoms with E-state index in [0.717, 1.165) is 18.2 Å². The van der Waals surface area contributed by atoms with Gasteiger partial charge in [0.15, 0.2) is 4.90 Å². The average molecular weight is 260 g/mol. The van der Waals surface area contributed by atoms with Crippen LogP contribution in [0.4, 0.5) is 11.4 Å². The number of nitro groups is 1. The third kappa shape index (κ3) is 3.23. The molecule has 0 spiro atoms. The van der Waals surface area contributed by atoms with Crippen molar-refractivity contribution in [1.29, 1.82) is 0 Å². The van der Waals surface area contributed by atoms with E-state index in [1.54, 1.807) is 0 Å². The third-order valence-corrected chi connectivity index (χ3v) is 2.64. The van der Waals surface area contributed by atoms with Crippen molar-refractivity contribution in [3.63, 3.8) is 0 Å². The molecule has 0 aliphatic heterocycles. The van der Waals surface area contributed by atoms with Crippen LogP contribution in [0.15, 0.2) is 23.1 Å². The van der Waals surface area contributed by atoms with Gasteiger partial charge in [0.05, 0.1) is 4.92 Å². The van der Waals surface area contributed by atoms with Crippen molar-refractivity contribution >= 4 is 27.4 Å². The molecule has 0 aliphatic carbocycles. The number of nitro benzene ring substituents is 1. The normalized spacial score (nSPS) is 10.9. The van der Waals surface area contributed by atoms with Crippen molar-refractivity contribution < 1.29 is 22.7 Å². The molecule has 1 rings (SSSR count). The Morgan fingerprint density at radius 3 is 2.47 bits per heavy atom. The Morgan fingerprint density at radius 2 is 2.06 bits per heavy atom. The molecule has 0 heterocycles. The molecular weight excluding hydrogens is 252 g/mol. The van der Waals surface area contributed by atoms with E-state index >= 15 is 0 Å². The lowest BCUT2D eigenvalue weighted by molar-refractivity contribution is -0.387. The minimum absolute atomic E-state index is 0.0377. The van der Waals surface area contributed by atoms with Gasteiger partial charge in [0.25, 0.3) is 5.69 Å². The predicted octanol–water partition coefficient (Wildman–Crippen LogP) is 0.800. The number of carbonyl (C=O) groups is 1. The van der Waals surface area contributed by atoms with Gasteiger partial charge < -0.3 is 5.32 Å². The van der Waals surface area contributed by atoms with Crippen molar-refractivity contribution in [2.24, 2.45) is 0 Å². The van der Waals surface area contributed by atoms with Crippen LogP contribution >= 0.6 is 0 Å². The summed E-state index contributed by atoms with van der Waals surface area (Å²) in [6.45, 7) is 1.19. The van der Waals surface area contributed by atoms with E-state index in [9.17, 15) is 23.3 Å². The first-order chi connectivity index (χ1) is 7.71. The van der Waals surface area contributed by atoms with Crippen LogP contribution in [0.25, 0.3) is 0 Å². The lowest BCUT2D eigenvalue weighted by Crippen LogP contribution is -2.08. The summed E-state index contributed by atoms with van der Waals surface area (Å²) in [7, 11) is -4.73. The van der Waals surface area contributed by atoms with E-state index in [0.29, 0.717) is 0 Å². The summed E-state index contributed by atoms with van der Waals surface area (Å²) >= 11 is 0. The van der Waals surface area contributed by atoms with Crippen LogP contribution in [-0.4, -0.2) is 23.8 Å². The Balaban J connectivity index is 3.40. The van der Waals surface area contributed by atoms with E-state index in [1.807, 2.05) is 0 Å². The van der Waals surface area contributed by atoms with Crippen molar-refractivity contribution in [3.05, 3.63) is 28.3 Å². The topological polar surface area (TPSA) is 127 Å². The third-order valence-electron chi connectivity index (χ3n) is 1.75. The largest absolute Gasteiger partial charge is 0.326 e. The summed E-state index contributed by atoms with van der Waals surface area (Å²) in [6, 6.07) is 2.86. The summed E-state index contributed by atoms with van der Waals surface area (Å²) in [4.78, 5) is 19.5. The predicted molar refractivity (Wildman–Crippen MR) is 57.2 cm³/mol. The van der Waals surface area contributed by atoms with E-state index in [4.69, 9.17) is 4.55 Å². The summed E-state index contributed by atoms with van der Waals surface area (Å²) in [6.07, 6.45) is 0. The van der Waals surface area contributed by atoms with Crippen molar-refractivity contribution in [1.82, 2.24) is 0 Å². The van der Waals surface area contributed by atoms with Gasteiger partial charge in [-0.05, 0) is 12.1 Å². The first-order valence-electron chi connectivity index (χ1n) is 4.25. The molecule has 1 amide bonds. The van der Waals surface area contributed by atoms with Gasteiger partial charge >= 0.3 is 10.1 Å². The van der Waals surface area contributed by atoms with Crippen molar-refractivity contribution in [2.75, 3.05) is 5.32 Å². The summed E-state index contributed by atoms with van der Waals surface area (Å²) in [5.41, 5.74) is -0.725. The van der Waals surface area contributed by atoms with Gasteiger partial charge in [-0.1, -0.05) is 0 Å². The van der Waals surface area contributed by atoms with E-state index in [2.05, 4.69) is 5.32 Å². The Labute approximate surface area is 96.2 Å². The van der Waals surface area contributed by atoms with Gasteiger partial charge in [-0.3, -0.25) is 19.5 Å². The Hall–Kier alpha value is -2.00. The molecule has 0 atom stereocenters. The maximum Gasteiger partial charge on any atom is 0.301 e. The van der Waals surface area contributed by atoms with Crippen LogP contribution in [0.5, 0.6) is 0 Å². The van der Waals surface area contributed by atoms with Gasteiger partial charge in [0.1, 0.15) is 0 Å². The van der Waals surface area contributed by atoms with Crippen molar-refractivity contribution in [2.45, 2.75) is 11.8 Å². The second kappa shape index (κ2) is 4.47. The number of nitrogens with zero attached hydrogens (tertiary/aromatic N) is 1. The molecule has 2 N–H and O–H groups in total. The zero-order chi connectivity index (χ0) is 13.2. The highest BCUT2D eigenvalue weighted by molar-refractivity contribution is 7.86. The standard InChI is InChI=1S/C8H8N2O6S/c1-5(11)9-6-2-3-7(10(12)13)8(4-6)17(14,15)16/h2-4H,1H3,(H,9,11)(H,14,15,16). The zero-order valence-corrected chi connectivity index (χ0v) is 9.39. The van der Waals surface area contributed by atoms with Crippen molar-refractivity contribution in [3.8, 4) is 0 Å². The molecule has 1 aromatic rings. The fraction of sp³-hybridized carbons (Fsp3) is 0.125. The summed E-state index contributed by atoms with van der Waals surface area (Å²) in [5.74, 6) is -0.472. The van der Waals surface area contributed by atoms with Gasteiger partial charge in [0.2, 0.25) is 5.91 Å². The van der Waals surface area contributed by atoms with Crippen LogP contribution in [0.2, 0.25) is 0 Å². The number of anilines is 1. The molecule has 0 radical (unpaired) electrons. The molecule has 0 fully saturated rings. The minimum atomic E-state index is -4.73. The van der Waals surface area contributed by atoms with E-state index in [1.165, 1.54) is 6.92 Å². The Bertz CT molecular complexity index is 580. The van der Waals surface area contributed by atoms with E-state index in [-0.39, 0.29) is 5.69 Å². The Kier molecular flexibility index (Phi) is 3.44. The van der Waals surface area contributed by atoms with E-state index < -0.39 is 31.5 Å². The molecule has 17 heavy (non-hydrogen) atoms. The van der Waals surface area contributed by atoms with Gasteiger partial charge in [-0.15, -0.1) is 0 Å². The molecule has 0 bridgehead atoms. The van der Waals surface area contributed by atoms with Gasteiger partial charge in [0, 0.05) is 18.7 Å². The quantitative estimate of drug-likeness (QED) is 0.470. The number of nitrogens with one attached hydrogen (secondary N) is 1. The van der Waals surface area contributed by atoms with Crippen LogP contribution in [0.3, 0.4) is 0 Å². The highest BCUT2D eigenvalue weighted by atomic mass is 32.2. The first-order valence-corrected chi connectivity index (χ1v) is 5.69. The number of rotatable bonds is 3. The maximum absolute atomic E-state index is 10.9. The molecule has 92 valence electrons. The second-order valence-corrected chi connectivity index (χ2v) is 4.49. The maximum atomic E-state index is 10.9. The van der Waals surface area contributed by atoms with Crippen LogP contribution in [0, 0.1) is 10.1 Å². The number of carbonyl (C=O) groups excluding carboxylic acids is 1. The summed E-state index contributed by atoms with van der Waals surface area (Å²) < 4.78 is 30.7. The molecule has 9 heteroatoms. The SMILES string of the molecule is CC(=O)Nc1ccc([N+](=O)[O-])c(S(=O)(=O)O)c1. The van der Waals surface area contributed by atoms with Crippen LogP contribution < -0.4 is 5.32 Å². The second-order valence-electron chi connectivity index (χ2n) is 3.10. The highest BCUT2D eigenvalue weighted by Crippen LogP contribution is 2.26. The van der Waals surface area contributed by atoms with Gasteiger partial charge in [-0.2, -0.15) is 8.42 Å². The lowest BCUT2D eigenvalue weighted by atomic mass is 10.3. The molecular formula is C8H8N2O6S. The number of benzene rings is 1. The number of hydrogen-bond donors (Lipinski definition) is 2. The molecule has 0 unspecified atom stereocenters. The molecule has 0 aliphatic rings. The first kappa shape index (κ1) is 13.1. The summed E-state index contributed by atoms with van der Waals surface area (Å²) in [5, 5.41) is 12.8. The average Bonchev–Trinajstić information content (AvgIpc) is 2.14. The molecule has 0 saturated carbocycles. The van der Waals surface area contributed by atoms with Crippen LogP contribution in [-0.2, 0) is 14.9 Å². The lowest BCUT2D eigenvalue weighted by Gasteiger charge is -2.04. The number of hydrogen-bond acceptors (Lipinski definition) is 5. The fourth-order valence-corrected chi connectivity index (χ4v) is 1.84. The molecule has 0 aromatic heterocycles. The smallest absolute Gasteiger partial charge is 0.301 e. The van der Waals surface area contributed by atoms with Gasteiger partial charge in [-0.25, -0.2) is 0 Å². The fourth-order valence-electron chi connectivity index (χ4n) is 1.15. The monoisotopic (exact) mass is 260 g/mol. The highest BCUT2D eigenvalue weighted by Gasteiger charge is 2.24. The number of amides is 1. The minimum Gasteiger partial charge on any atom is -0.326 e. The molecule has 8 nitrogen and oxygen atoms in total.